The average molecular weight is 323 g/mol. The number of rotatable bonds is 5. The summed E-state index contributed by atoms with van der Waals surface area (Å²) in [5, 5.41) is 3.93. The Morgan fingerprint density at radius 2 is 1.88 bits per heavy atom. The van der Waals surface area contributed by atoms with E-state index < -0.39 is 0 Å². The molecule has 1 atom stereocenters. The molecule has 1 N–H and O–H groups in total. The number of hydrogen-bond donors (Lipinski definition) is 1. The highest BCUT2D eigenvalue weighted by atomic mass is 16.5. The molecular formula is C19H21N3O2. The zero-order chi connectivity index (χ0) is 17.1. The van der Waals surface area contributed by atoms with Crippen molar-refractivity contribution in [3.63, 3.8) is 0 Å². The Balaban J connectivity index is 2.37. The van der Waals surface area contributed by atoms with Gasteiger partial charge in [-0.15, -0.1) is 0 Å². The molecule has 0 fully saturated rings. The van der Waals surface area contributed by atoms with Crippen molar-refractivity contribution in [3.8, 4) is 11.4 Å². The molecule has 0 aliphatic rings. The molecule has 0 spiro atoms. The van der Waals surface area contributed by atoms with Gasteiger partial charge in [-0.1, -0.05) is 31.2 Å². The largest absolute Gasteiger partial charge is 0.495 e. The molecule has 124 valence electrons. The van der Waals surface area contributed by atoms with E-state index in [1.54, 1.807) is 17.7 Å². The summed E-state index contributed by atoms with van der Waals surface area (Å²) < 4.78 is 7.10. The van der Waals surface area contributed by atoms with Gasteiger partial charge in [0, 0.05) is 0 Å². The second kappa shape index (κ2) is 6.84. The van der Waals surface area contributed by atoms with Gasteiger partial charge in [0.2, 0.25) is 0 Å². The highest BCUT2D eigenvalue weighted by Crippen LogP contribution is 2.25. The molecule has 0 saturated carbocycles. The molecule has 3 aromatic rings. The van der Waals surface area contributed by atoms with Gasteiger partial charge in [-0.25, -0.2) is 4.98 Å². The van der Waals surface area contributed by atoms with Crippen LogP contribution in [-0.4, -0.2) is 23.2 Å². The topological polar surface area (TPSA) is 56.2 Å². The predicted octanol–water partition coefficient (Wildman–Crippen LogP) is 3.06. The van der Waals surface area contributed by atoms with E-state index in [1.807, 2.05) is 56.3 Å². The monoisotopic (exact) mass is 323 g/mol. The Kier molecular flexibility index (Phi) is 4.62. The molecule has 5 nitrogen and oxygen atoms in total. The Hall–Kier alpha value is -2.66. The third-order valence-corrected chi connectivity index (χ3v) is 4.03. The molecule has 0 bridgehead atoms. The van der Waals surface area contributed by atoms with Crippen molar-refractivity contribution in [1.29, 1.82) is 0 Å². The molecule has 0 amide bonds. The van der Waals surface area contributed by atoms with Crippen LogP contribution in [0.4, 0.5) is 0 Å². The van der Waals surface area contributed by atoms with Crippen molar-refractivity contribution < 1.29 is 4.74 Å². The average Bonchev–Trinajstić information content (AvgIpc) is 2.62. The summed E-state index contributed by atoms with van der Waals surface area (Å²) in [6.07, 6.45) is 0. The van der Waals surface area contributed by atoms with Gasteiger partial charge in [0.1, 0.15) is 11.6 Å². The predicted molar refractivity (Wildman–Crippen MR) is 96.0 cm³/mol. The van der Waals surface area contributed by atoms with E-state index in [4.69, 9.17) is 9.72 Å². The van der Waals surface area contributed by atoms with Crippen LogP contribution in [-0.2, 0) is 0 Å². The number of aromatic nitrogens is 2. The summed E-state index contributed by atoms with van der Waals surface area (Å²) in [5.74, 6) is 1.31. The van der Waals surface area contributed by atoms with Gasteiger partial charge in [0.15, 0.2) is 0 Å². The normalized spacial score (nSPS) is 12.3. The quantitative estimate of drug-likeness (QED) is 0.784. The Morgan fingerprint density at radius 3 is 2.62 bits per heavy atom. The third-order valence-electron chi connectivity index (χ3n) is 4.03. The Bertz CT molecular complexity index is 918. The van der Waals surface area contributed by atoms with Crippen LogP contribution >= 0.6 is 0 Å². The summed E-state index contributed by atoms with van der Waals surface area (Å²) >= 11 is 0. The second-order valence-electron chi connectivity index (χ2n) is 5.58. The number of hydrogen-bond acceptors (Lipinski definition) is 4. The van der Waals surface area contributed by atoms with Gasteiger partial charge < -0.3 is 10.1 Å². The van der Waals surface area contributed by atoms with E-state index >= 15 is 0 Å². The molecule has 3 rings (SSSR count). The van der Waals surface area contributed by atoms with Crippen LogP contribution in [0.2, 0.25) is 0 Å². The molecule has 2 aromatic carbocycles. The zero-order valence-corrected chi connectivity index (χ0v) is 14.1. The fourth-order valence-corrected chi connectivity index (χ4v) is 2.89. The first-order valence-electron chi connectivity index (χ1n) is 8.05. The molecule has 0 unspecified atom stereocenters. The van der Waals surface area contributed by atoms with Crippen molar-refractivity contribution in [2.75, 3.05) is 13.7 Å². The van der Waals surface area contributed by atoms with Crippen LogP contribution in [0.25, 0.3) is 16.6 Å². The van der Waals surface area contributed by atoms with Crippen molar-refractivity contribution in [2.45, 2.75) is 19.9 Å². The number of nitrogens with zero attached hydrogens (tertiary/aromatic N) is 2. The highest BCUT2D eigenvalue weighted by molar-refractivity contribution is 5.78. The third kappa shape index (κ3) is 2.78. The Labute approximate surface area is 140 Å². The molecule has 1 heterocycles. The van der Waals surface area contributed by atoms with E-state index in [2.05, 4.69) is 5.32 Å². The van der Waals surface area contributed by atoms with Crippen LogP contribution in [0.3, 0.4) is 0 Å². The van der Waals surface area contributed by atoms with Gasteiger partial charge in [0.05, 0.1) is 29.7 Å². The maximum atomic E-state index is 13.2. The van der Waals surface area contributed by atoms with E-state index in [1.165, 1.54) is 0 Å². The van der Waals surface area contributed by atoms with Crippen LogP contribution in [0.15, 0.2) is 53.3 Å². The smallest absolute Gasteiger partial charge is 0.266 e. The van der Waals surface area contributed by atoms with Crippen LogP contribution < -0.4 is 15.6 Å². The number of ether oxygens (including phenoxy) is 1. The standard InChI is InChI=1S/C19H21N3O2/c1-4-20-13(2)18-21-15-10-6-5-9-14(15)19(23)22(18)16-11-7-8-12-17(16)24-3/h5-13,20H,4H2,1-3H3/t13-/m1/s1. The fraction of sp³-hybridized carbons (Fsp3) is 0.263. The van der Waals surface area contributed by atoms with Crippen LogP contribution in [0.1, 0.15) is 25.7 Å². The number of fused-ring (bicyclic) bond motifs is 1. The number of nitrogens with one attached hydrogen (secondary N) is 1. The van der Waals surface area contributed by atoms with Crippen LogP contribution in [0.5, 0.6) is 5.75 Å². The number of para-hydroxylation sites is 3. The second-order valence-corrected chi connectivity index (χ2v) is 5.58. The molecule has 0 aliphatic heterocycles. The van der Waals surface area contributed by atoms with Crippen molar-refractivity contribution >= 4 is 10.9 Å². The molecule has 0 saturated heterocycles. The van der Waals surface area contributed by atoms with E-state index in [9.17, 15) is 4.79 Å². The van der Waals surface area contributed by atoms with Gasteiger partial charge in [-0.2, -0.15) is 0 Å². The lowest BCUT2D eigenvalue weighted by Gasteiger charge is -2.20. The van der Waals surface area contributed by atoms with Crippen molar-refractivity contribution in [1.82, 2.24) is 14.9 Å². The summed E-state index contributed by atoms with van der Waals surface area (Å²) in [5.41, 5.74) is 1.31. The molecule has 0 aliphatic carbocycles. The lowest BCUT2D eigenvalue weighted by atomic mass is 10.2. The summed E-state index contributed by atoms with van der Waals surface area (Å²) in [7, 11) is 1.60. The minimum absolute atomic E-state index is 0.0720. The molecule has 24 heavy (non-hydrogen) atoms. The number of methoxy groups -OCH3 is 1. The molecule has 1 aromatic heterocycles. The first-order chi connectivity index (χ1) is 11.7. The van der Waals surface area contributed by atoms with Gasteiger partial charge in [0.25, 0.3) is 5.56 Å². The first-order valence-corrected chi connectivity index (χ1v) is 8.05. The summed E-state index contributed by atoms with van der Waals surface area (Å²) in [6, 6.07) is 14.8. The number of benzene rings is 2. The van der Waals surface area contributed by atoms with Gasteiger partial charge in [-0.3, -0.25) is 9.36 Å². The van der Waals surface area contributed by atoms with Crippen molar-refractivity contribution in [3.05, 3.63) is 64.7 Å². The minimum atomic E-state index is -0.0927. The van der Waals surface area contributed by atoms with Crippen LogP contribution in [0, 0.1) is 0 Å². The maximum absolute atomic E-state index is 13.2. The van der Waals surface area contributed by atoms with E-state index in [0.29, 0.717) is 28.2 Å². The van der Waals surface area contributed by atoms with Crippen molar-refractivity contribution in [2.24, 2.45) is 0 Å². The SMILES string of the molecule is CCN[C@H](C)c1nc2ccccc2c(=O)n1-c1ccccc1OC. The van der Waals surface area contributed by atoms with E-state index in [0.717, 1.165) is 6.54 Å². The molecule has 0 radical (unpaired) electrons. The zero-order valence-electron chi connectivity index (χ0n) is 14.1. The summed E-state index contributed by atoms with van der Waals surface area (Å²) in [6.45, 7) is 4.82. The molecule has 5 heteroatoms. The highest BCUT2D eigenvalue weighted by Gasteiger charge is 2.19. The molecular weight excluding hydrogens is 302 g/mol. The lowest BCUT2D eigenvalue weighted by Crippen LogP contribution is -2.30. The lowest BCUT2D eigenvalue weighted by molar-refractivity contribution is 0.411. The van der Waals surface area contributed by atoms with Gasteiger partial charge in [-0.05, 0) is 37.7 Å². The Morgan fingerprint density at radius 1 is 1.17 bits per heavy atom. The van der Waals surface area contributed by atoms with Gasteiger partial charge >= 0.3 is 0 Å². The first kappa shape index (κ1) is 16.2. The fourth-order valence-electron chi connectivity index (χ4n) is 2.89. The minimum Gasteiger partial charge on any atom is -0.495 e. The van der Waals surface area contributed by atoms with E-state index in [-0.39, 0.29) is 11.6 Å². The maximum Gasteiger partial charge on any atom is 0.266 e. The summed E-state index contributed by atoms with van der Waals surface area (Å²) in [4.78, 5) is 17.9.